The quantitative estimate of drug-likeness (QED) is 0.234. The van der Waals surface area contributed by atoms with Gasteiger partial charge in [0.2, 0.25) is 0 Å². The number of hydrogen-bond acceptors (Lipinski definition) is 4. The van der Waals surface area contributed by atoms with E-state index in [0.717, 1.165) is 43.3 Å². The summed E-state index contributed by atoms with van der Waals surface area (Å²) in [6.07, 6.45) is 1.75. The third kappa shape index (κ3) is 8.04. The van der Waals surface area contributed by atoms with Crippen molar-refractivity contribution in [3.8, 4) is 5.75 Å². The molecule has 0 aliphatic carbocycles. The lowest BCUT2D eigenvalue weighted by atomic mass is 10.1. The molecule has 0 saturated carbocycles. The number of ether oxygens (including phenoxy) is 1. The average molecular weight is 504 g/mol. The summed E-state index contributed by atoms with van der Waals surface area (Å²) in [5.74, 6) is 2.01. The zero-order chi connectivity index (χ0) is 19.6. The Labute approximate surface area is 183 Å². The van der Waals surface area contributed by atoms with Crippen LogP contribution >= 0.6 is 24.0 Å². The highest BCUT2D eigenvalue weighted by molar-refractivity contribution is 14.0. The number of guanidine groups is 1. The summed E-state index contributed by atoms with van der Waals surface area (Å²) in [5.41, 5.74) is 2.14. The molecule has 2 rings (SSSR count). The molecule has 0 radical (unpaired) electrons. The summed E-state index contributed by atoms with van der Waals surface area (Å²) in [5, 5.41) is 10.5. The van der Waals surface area contributed by atoms with Gasteiger partial charge in [-0.25, -0.2) is 9.38 Å². The molecule has 1 aromatic carbocycles. The zero-order valence-corrected chi connectivity index (χ0v) is 19.2. The second-order valence-corrected chi connectivity index (χ2v) is 6.44. The fraction of sp³-hybridized carbons (Fsp3) is 0.500. The van der Waals surface area contributed by atoms with Crippen molar-refractivity contribution >= 4 is 29.9 Å². The molecule has 6 nitrogen and oxygen atoms in total. The Balaban J connectivity index is 0.00000392. The van der Waals surface area contributed by atoms with Crippen molar-refractivity contribution in [2.45, 2.75) is 46.6 Å². The Hall–Kier alpha value is -1.84. The lowest BCUT2D eigenvalue weighted by molar-refractivity contribution is 0.230. The topological polar surface area (TPSA) is 71.7 Å². The highest BCUT2D eigenvalue weighted by Gasteiger charge is 2.09. The second kappa shape index (κ2) is 12.6. The molecule has 1 heterocycles. The van der Waals surface area contributed by atoms with Crippen LogP contribution in [-0.4, -0.2) is 36.9 Å². The van der Waals surface area contributed by atoms with Gasteiger partial charge in [-0.05, 0) is 64.8 Å². The first-order chi connectivity index (χ1) is 13.0. The number of nitrogens with zero attached hydrogens (tertiary/aromatic N) is 2. The molecule has 1 atom stereocenters. The van der Waals surface area contributed by atoms with Crippen molar-refractivity contribution < 1.29 is 13.7 Å². The Morgan fingerprint density at radius 3 is 2.57 bits per heavy atom. The van der Waals surface area contributed by atoms with Crippen molar-refractivity contribution in [2.24, 2.45) is 4.99 Å². The van der Waals surface area contributed by atoms with Gasteiger partial charge in [-0.2, -0.15) is 0 Å². The third-order valence-electron chi connectivity index (χ3n) is 4.08. The maximum Gasteiger partial charge on any atom is 0.191 e. The molecule has 0 saturated heterocycles. The minimum atomic E-state index is -0.275. The molecule has 28 heavy (non-hydrogen) atoms. The molecule has 2 aromatic rings. The lowest BCUT2D eigenvalue weighted by Gasteiger charge is -2.15. The van der Waals surface area contributed by atoms with Gasteiger partial charge < -0.3 is 19.9 Å². The molecular weight excluding hydrogens is 474 g/mol. The molecule has 1 unspecified atom stereocenters. The predicted molar refractivity (Wildman–Crippen MR) is 120 cm³/mol. The normalized spacial score (nSPS) is 12.2. The molecule has 2 N–H and O–H groups in total. The maximum atomic E-state index is 12.9. The number of aromatic nitrogens is 1. The summed E-state index contributed by atoms with van der Waals surface area (Å²) in [4.78, 5) is 4.56. The Bertz CT molecular complexity index is 715. The van der Waals surface area contributed by atoms with Gasteiger partial charge in [0.1, 0.15) is 23.4 Å². The van der Waals surface area contributed by atoms with E-state index < -0.39 is 0 Å². The van der Waals surface area contributed by atoms with E-state index in [9.17, 15) is 4.39 Å². The number of nitrogens with one attached hydrogen (secondary N) is 2. The van der Waals surface area contributed by atoms with Crippen LogP contribution < -0.4 is 15.4 Å². The predicted octanol–water partition coefficient (Wildman–Crippen LogP) is 4.00. The standard InChI is InChI=1S/C20H29FN4O2.HI/c1-5-22-20(23-12-6-7-19-15(3)25-27-16(19)4)24-13-14(2)26-18-10-8-17(21)9-11-18;/h8-11,14H,5-7,12-13H2,1-4H3,(H2,22,23,24);1H. The number of benzene rings is 1. The van der Waals surface area contributed by atoms with Crippen molar-refractivity contribution in [1.29, 1.82) is 0 Å². The smallest absolute Gasteiger partial charge is 0.191 e. The van der Waals surface area contributed by atoms with Crippen LogP contribution in [0.5, 0.6) is 5.75 Å². The van der Waals surface area contributed by atoms with Gasteiger partial charge in [0.05, 0.1) is 12.2 Å². The van der Waals surface area contributed by atoms with E-state index in [1.165, 1.54) is 17.7 Å². The lowest BCUT2D eigenvalue weighted by Crippen LogP contribution is -2.38. The van der Waals surface area contributed by atoms with Gasteiger partial charge >= 0.3 is 0 Å². The molecule has 1 aromatic heterocycles. The van der Waals surface area contributed by atoms with Crippen LogP contribution in [0.25, 0.3) is 0 Å². The van der Waals surface area contributed by atoms with Crippen LogP contribution in [-0.2, 0) is 6.42 Å². The molecule has 156 valence electrons. The van der Waals surface area contributed by atoms with Crippen LogP contribution in [0.2, 0.25) is 0 Å². The summed E-state index contributed by atoms with van der Waals surface area (Å²) >= 11 is 0. The Morgan fingerprint density at radius 2 is 1.96 bits per heavy atom. The molecule has 0 aliphatic rings. The van der Waals surface area contributed by atoms with Gasteiger partial charge in [-0.1, -0.05) is 5.16 Å². The maximum absolute atomic E-state index is 12.9. The molecule has 0 spiro atoms. The first kappa shape index (κ1) is 24.2. The minimum Gasteiger partial charge on any atom is -0.489 e. The summed E-state index contributed by atoms with van der Waals surface area (Å²) in [6, 6.07) is 6.01. The SMILES string of the molecule is CCNC(=NCC(C)Oc1ccc(F)cc1)NCCCc1c(C)noc1C.I. The van der Waals surface area contributed by atoms with Gasteiger partial charge in [0, 0.05) is 18.7 Å². The number of halogens is 2. The van der Waals surface area contributed by atoms with Crippen molar-refractivity contribution in [3.63, 3.8) is 0 Å². The van der Waals surface area contributed by atoms with Crippen LogP contribution in [0.3, 0.4) is 0 Å². The Kier molecular flexibility index (Phi) is 10.9. The van der Waals surface area contributed by atoms with Crippen LogP contribution in [0.4, 0.5) is 4.39 Å². The fourth-order valence-electron chi connectivity index (χ4n) is 2.68. The average Bonchev–Trinajstić information content (AvgIpc) is 2.96. The molecule has 0 fully saturated rings. The first-order valence-corrected chi connectivity index (χ1v) is 9.35. The van der Waals surface area contributed by atoms with Gasteiger partial charge in [0.25, 0.3) is 0 Å². The van der Waals surface area contributed by atoms with E-state index in [2.05, 4.69) is 20.8 Å². The van der Waals surface area contributed by atoms with E-state index >= 15 is 0 Å². The van der Waals surface area contributed by atoms with Crippen LogP contribution in [0.15, 0.2) is 33.8 Å². The van der Waals surface area contributed by atoms with Crippen molar-refractivity contribution in [3.05, 3.63) is 47.1 Å². The highest BCUT2D eigenvalue weighted by atomic mass is 127. The summed E-state index contributed by atoms with van der Waals surface area (Å²) in [7, 11) is 0. The van der Waals surface area contributed by atoms with E-state index in [1.807, 2.05) is 27.7 Å². The van der Waals surface area contributed by atoms with Gasteiger partial charge in [0.15, 0.2) is 5.96 Å². The summed E-state index contributed by atoms with van der Waals surface area (Å²) in [6.45, 7) is 9.94. The largest absolute Gasteiger partial charge is 0.489 e. The van der Waals surface area contributed by atoms with Gasteiger partial charge in [-0.15, -0.1) is 24.0 Å². The number of rotatable bonds is 9. The highest BCUT2D eigenvalue weighted by Crippen LogP contribution is 2.14. The monoisotopic (exact) mass is 504 g/mol. The van der Waals surface area contributed by atoms with E-state index in [4.69, 9.17) is 9.26 Å². The van der Waals surface area contributed by atoms with E-state index in [0.29, 0.717) is 12.3 Å². The molecule has 0 bridgehead atoms. The fourth-order valence-corrected chi connectivity index (χ4v) is 2.68. The number of hydrogen-bond donors (Lipinski definition) is 2. The molecular formula is C20H30FIN4O2. The first-order valence-electron chi connectivity index (χ1n) is 9.35. The minimum absolute atomic E-state index is 0. The molecule has 8 heteroatoms. The molecule has 0 amide bonds. The zero-order valence-electron chi connectivity index (χ0n) is 16.9. The van der Waals surface area contributed by atoms with Gasteiger partial charge in [-0.3, -0.25) is 0 Å². The third-order valence-corrected chi connectivity index (χ3v) is 4.08. The molecule has 0 aliphatic heterocycles. The van der Waals surface area contributed by atoms with Crippen molar-refractivity contribution in [1.82, 2.24) is 15.8 Å². The second-order valence-electron chi connectivity index (χ2n) is 6.44. The van der Waals surface area contributed by atoms with E-state index in [1.54, 1.807) is 12.1 Å². The summed E-state index contributed by atoms with van der Waals surface area (Å²) < 4.78 is 23.9. The number of aryl methyl sites for hydroxylation is 2. The van der Waals surface area contributed by atoms with E-state index in [-0.39, 0.29) is 35.9 Å². The number of aliphatic imine (C=N–C) groups is 1. The van der Waals surface area contributed by atoms with Crippen molar-refractivity contribution in [2.75, 3.05) is 19.6 Å². The Morgan fingerprint density at radius 1 is 1.25 bits per heavy atom. The van der Waals surface area contributed by atoms with Crippen LogP contribution in [0.1, 0.15) is 37.3 Å². The van der Waals surface area contributed by atoms with Crippen LogP contribution in [0, 0.1) is 19.7 Å².